The topological polar surface area (TPSA) is 99.9 Å². The number of methoxy groups -OCH3 is 3. The fraction of sp³-hybridized carbons (Fsp3) is 0.115. The summed E-state index contributed by atoms with van der Waals surface area (Å²) in [4.78, 5) is 22.7. The molecule has 0 radical (unpaired) electrons. The van der Waals surface area contributed by atoms with Crippen LogP contribution in [0, 0.1) is 10.1 Å². The van der Waals surface area contributed by atoms with E-state index in [-0.39, 0.29) is 11.6 Å². The number of rotatable bonds is 9. The van der Waals surface area contributed by atoms with Gasteiger partial charge < -0.3 is 19.5 Å². The monoisotopic (exact) mass is 460 g/mol. The highest BCUT2D eigenvalue weighted by Crippen LogP contribution is 2.38. The number of hydrogen-bond acceptors (Lipinski definition) is 6. The number of amides is 1. The van der Waals surface area contributed by atoms with Crippen LogP contribution in [0.4, 0.5) is 11.4 Å². The number of nitro benzene ring substituents is 1. The summed E-state index contributed by atoms with van der Waals surface area (Å²) in [6.45, 7) is 0. The summed E-state index contributed by atoms with van der Waals surface area (Å²) in [7, 11) is 4.66. The predicted octanol–water partition coefficient (Wildman–Crippen LogP) is 5.44. The number of nitro groups is 1. The second-order valence-electron chi connectivity index (χ2n) is 7.05. The largest absolute Gasteiger partial charge is 0.493 e. The zero-order chi connectivity index (χ0) is 24.5. The Hall–Kier alpha value is -4.59. The van der Waals surface area contributed by atoms with E-state index in [9.17, 15) is 14.9 Å². The highest BCUT2D eigenvalue weighted by Gasteiger charge is 2.12. The summed E-state index contributed by atoms with van der Waals surface area (Å²) < 4.78 is 16.1. The first-order chi connectivity index (χ1) is 16.4. The zero-order valence-electron chi connectivity index (χ0n) is 19.0. The van der Waals surface area contributed by atoms with E-state index in [0.717, 1.165) is 11.1 Å². The molecule has 1 amide bonds. The summed E-state index contributed by atoms with van der Waals surface area (Å²) >= 11 is 0. The average Bonchev–Trinajstić information content (AvgIpc) is 2.86. The van der Waals surface area contributed by atoms with Crippen LogP contribution in [0.3, 0.4) is 0 Å². The van der Waals surface area contributed by atoms with E-state index >= 15 is 0 Å². The predicted molar refractivity (Wildman–Crippen MR) is 132 cm³/mol. The van der Waals surface area contributed by atoms with Gasteiger partial charge >= 0.3 is 0 Å². The van der Waals surface area contributed by atoms with Gasteiger partial charge in [0, 0.05) is 23.9 Å². The first-order valence-corrected chi connectivity index (χ1v) is 10.3. The van der Waals surface area contributed by atoms with E-state index < -0.39 is 4.92 Å². The fourth-order valence-corrected chi connectivity index (χ4v) is 3.19. The number of benzene rings is 3. The minimum Gasteiger partial charge on any atom is -0.493 e. The molecule has 8 nitrogen and oxygen atoms in total. The van der Waals surface area contributed by atoms with E-state index in [4.69, 9.17) is 14.2 Å². The average molecular weight is 460 g/mol. The number of carbonyl (C=O) groups is 1. The van der Waals surface area contributed by atoms with Crippen LogP contribution in [0.5, 0.6) is 17.2 Å². The van der Waals surface area contributed by atoms with Crippen molar-refractivity contribution in [2.24, 2.45) is 0 Å². The molecule has 3 aromatic rings. The molecule has 8 heteroatoms. The van der Waals surface area contributed by atoms with Gasteiger partial charge in [0.15, 0.2) is 11.5 Å². The minimum atomic E-state index is -0.469. The van der Waals surface area contributed by atoms with Gasteiger partial charge in [-0.25, -0.2) is 0 Å². The van der Waals surface area contributed by atoms with Crippen LogP contribution in [0.15, 0.2) is 66.7 Å². The maximum Gasteiger partial charge on any atom is 0.269 e. The molecule has 0 saturated carbocycles. The number of carbonyl (C=O) groups excluding carboxylic acids is 1. The minimum absolute atomic E-state index is 0.00517. The van der Waals surface area contributed by atoms with Crippen LogP contribution >= 0.6 is 0 Å². The Morgan fingerprint density at radius 3 is 2.09 bits per heavy atom. The Morgan fingerprint density at radius 1 is 0.853 bits per heavy atom. The van der Waals surface area contributed by atoms with Crippen LogP contribution in [0.25, 0.3) is 18.2 Å². The summed E-state index contributed by atoms with van der Waals surface area (Å²) in [6, 6.07) is 17.0. The van der Waals surface area contributed by atoms with Crippen molar-refractivity contribution in [1.29, 1.82) is 0 Å². The molecular formula is C26H24N2O6. The molecule has 3 aromatic carbocycles. The molecule has 3 rings (SSSR count). The van der Waals surface area contributed by atoms with Crippen LogP contribution in [-0.4, -0.2) is 32.2 Å². The van der Waals surface area contributed by atoms with Crippen LogP contribution in [-0.2, 0) is 4.79 Å². The van der Waals surface area contributed by atoms with E-state index in [1.165, 1.54) is 18.2 Å². The molecule has 0 aromatic heterocycles. The number of nitrogens with one attached hydrogen (secondary N) is 1. The molecule has 0 saturated heterocycles. The van der Waals surface area contributed by atoms with Crippen LogP contribution in [0.1, 0.15) is 16.7 Å². The van der Waals surface area contributed by atoms with Gasteiger partial charge in [-0.1, -0.05) is 30.4 Å². The van der Waals surface area contributed by atoms with Gasteiger partial charge in [-0.3, -0.25) is 14.9 Å². The molecule has 34 heavy (non-hydrogen) atoms. The second-order valence-corrected chi connectivity index (χ2v) is 7.05. The van der Waals surface area contributed by atoms with Crippen molar-refractivity contribution in [3.8, 4) is 17.2 Å². The molecular weight excluding hydrogens is 436 g/mol. The Balaban J connectivity index is 1.76. The zero-order valence-corrected chi connectivity index (χ0v) is 19.0. The molecule has 0 bridgehead atoms. The molecule has 1 N–H and O–H groups in total. The van der Waals surface area contributed by atoms with Gasteiger partial charge in [0.1, 0.15) is 0 Å². The van der Waals surface area contributed by atoms with Crippen LogP contribution < -0.4 is 19.5 Å². The second kappa shape index (κ2) is 11.3. The number of hydrogen-bond donors (Lipinski definition) is 1. The van der Waals surface area contributed by atoms with Gasteiger partial charge in [0.2, 0.25) is 11.7 Å². The smallest absolute Gasteiger partial charge is 0.269 e. The summed E-state index contributed by atoms with van der Waals surface area (Å²) in [5.74, 6) is 1.26. The van der Waals surface area contributed by atoms with E-state index in [2.05, 4.69) is 5.32 Å². The lowest BCUT2D eigenvalue weighted by Crippen LogP contribution is -2.08. The van der Waals surface area contributed by atoms with Gasteiger partial charge in [0.25, 0.3) is 5.69 Å². The van der Waals surface area contributed by atoms with Crippen molar-refractivity contribution >= 4 is 35.5 Å². The third-order valence-corrected chi connectivity index (χ3v) is 4.89. The molecule has 0 aliphatic rings. The first-order valence-electron chi connectivity index (χ1n) is 10.3. The SMILES string of the molecule is COc1cc(/C=C/c2ccccc2NC(=O)/C=C/c2ccc([N+](=O)[O-])cc2)cc(OC)c1OC. The molecule has 0 aliphatic carbocycles. The van der Waals surface area contributed by atoms with Crippen LogP contribution in [0.2, 0.25) is 0 Å². The lowest BCUT2D eigenvalue weighted by Gasteiger charge is -2.13. The van der Waals surface area contributed by atoms with E-state index in [1.54, 1.807) is 45.6 Å². The van der Waals surface area contributed by atoms with Crippen molar-refractivity contribution in [3.63, 3.8) is 0 Å². The number of para-hydroxylation sites is 1. The first kappa shape index (κ1) is 24.1. The molecule has 0 aliphatic heterocycles. The number of ether oxygens (including phenoxy) is 3. The van der Waals surface area contributed by atoms with Crippen molar-refractivity contribution in [2.45, 2.75) is 0 Å². The van der Waals surface area contributed by atoms with Gasteiger partial charge in [-0.05, 0) is 53.1 Å². The number of non-ortho nitro benzene ring substituents is 1. The Labute approximate surface area is 197 Å². The Morgan fingerprint density at radius 2 is 1.50 bits per heavy atom. The summed E-state index contributed by atoms with van der Waals surface area (Å²) in [5, 5.41) is 13.6. The quantitative estimate of drug-likeness (QED) is 0.197. The highest BCUT2D eigenvalue weighted by atomic mass is 16.6. The molecule has 0 atom stereocenters. The molecule has 174 valence electrons. The van der Waals surface area contributed by atoms with Crippen molar-refractivity contribution in [3.05, 3.63) is 93.5 Å². The van der Waals surface area contributed by atoms with Gasteiger partial charge in [-0.15, -0.1) is 0 Å². The van der Waals surface area contributed by atoms with E-state index in [0.29, 0.717) is 28.5 Å². The Bertz CT molecular complexity index is 1210. The maximum atomic E-state index is 12.4. The lowest BCUT2D eigenvalue weighted by atomic mass is 10.1. The molecule has 0 fully saturated rings. The van der Waals surface area contributed by atoms with Crippen molar-refractivity contribution in [2.75, 3.05) is 26.6 Å². The molecule has 0 unspecified atom stereocenters. The van der Waals surface area contributed by atoms with E-state index in [1.807, 2.05) is 42.5 Å². The summed E-state index contributed by atoms with van der Waals surface area (Å²) in [6.07, 6.45) is 6.72. The highest BCUT2D eigenvalue weighted by molar-refractivity contribution is 6.03. The lowest BCUT2D eigenvalue weighted by molar-refractivity contribution is -0.384. The van der Waals surface area contributed by atoms with Gasteiger partial charge in [-0.2, -0.15) is 0 Å². The molecule has 0 spiro atoms. The van der Waals surface area contributed by atoms with Crippen molar-refractivity contribution < 1.29 is 23.9 Å². The Kier molecular flexibility index (Phi) is 8.02. The normalized spacial score (nSPS) is 10.9. The standard InChI is InChI=1S/C26H24N2O6/c1-32-23-16-19(17-24(33-2)26(23)34-3)8-12-20-6-4-5-7-22(20)27-25(29)15-11-18-9-13-21(14-10-18)28(30)31/h4-17H,1-3H3,(H,27,29)/b12-8+,15-11+. The number of anilines is 1. The van der Waals surface area contributed by atoms with Crippen molar-refractivity contribution in [1.82, 2.24) is 0 Å². The fourth-order valence-electron chi connectivity index (χ4n) is 3.19. The maximum absolute atomic E-state index is 12.4. The third-order valence-electron chi connectivity index (χ3n) is 4.89. The van der Waals surface area contributed by atoms with Gasteiger partial charge in [0.05, 0.1) is 26.3 Å². The molecule has 0 heterocycles. The number of nitrogens with zero attached hydrogens (tertiary/aromatic N) is 1. The third kappa shape index (κ3) is 6.01. The summed E-state index contributed by atoms with van der Waals surface area (Å²) in [5.41, 5.74) is 2.93.